The Bertz CT molecular complexity index is 1050. The van der Waals surface area contributed by atoms with Gasteiger partial charge in [0.1, 0.15) is 12.3 Å². The van der Waals surface area contributed by atoms with Crippen LogP contribution >= 0.6 is 10.0 Å². The lowest BCUT2D eigenvalue weighted by Crippen LogP contribution is -2.39. The van der Waals surface area contributed by atoms with Crippen molar-refractivity contribution in [2.75, 3.05) is 41.1 Å². The predicted molar refractivity (Wildman–Crippen MR) is 127 cm³/mol. The maximum atomic E-state index is 14.8. The number of nitrogens with one attached hydrogen (secondary N) is 1. The predicted octanol–water partition coefficient (Wildman–Crippen LogP) is 6.03. The number of anilines is 2. The summed E-state index contributed by atoms with van der Waals surface area (Å²) in [5, 5.41) is 2.40. The first-order chi connectivity index (χ1) is 15.4. The number of halogens is 2. The van der Waals surface area contributed by atoms with Crippen LogP contribution in [0.3, 0.4) is 0 Å². The monoisotopic (exact) mass is 456 g/mol. The number of hydrogen-bond donors (Lipinski definition) is 1. The third-order valence-corrected chi connectivity index (χ3v) is 9.31. The number of carbonyl (C=O) groups is 1. The van der Waals surface area contributed by atoms with Crippen molar-refractivity contribution in [2.45, 2.75) is 11.5 Å². The summed E-state index contributed by atoms with van der Waals surface area (Å²) < 4.78 is 34.8. The summed E-state index contributed by atoms with van der Waals surface area (Å²) >= 11 is 0. The second-order valence-corrected chi connectivity index (χ2v) is 11.8. The molecule has 0 unspecified atom stereocenters. The van der Waals surface area contributed by atoms with Crippen molar-refractivity contribution in [3.8, 4) is 0 Å². The van der Waals surface area contributed by atoms with Gasteiger partial charge in [0, 0.05) is 18.8 Å². The van der Waals surface area contributed by atoms with Gasteiger partial charge >= 0.3 is 6.09 Å². The van der Waals surface area contributed by atoms with E-state index in [4.69, 9.17) is 4.74 Å². The SMILES string of the molecule is CS1(c2ccccc2)CCN(c2c(F)cc(NC(=O)OCc3ccccc3)cc2F)CC1. The van der Waals surface area contributed by atoms with Gasteiger partial charge in [0.2, 0.25) is 0 Å². The van der Waals surface area contributed by atoms with Gasteiger partial charge in [-0.2, -0.15) is 0 Å². The second kappa shape index (κ2) is 9.61. The highest BCUT2D eigenvalue weighted by molar-refractivity contribution is 8.33. The van der Waals surface area contributed by atoms with Crippen molar-refractivity contribution >= 4 is 27.5 Å². The van der Waals surface area contributed by atoms with Gasteiger partial charge in [-0.3, -0.25) is 5.32 Å². The van der Waals surface area contributed by atoms with E-state index in [1.54, 1.807) is 4.90 Å². The van der Waals surface area contributed by atoms with Crippen LogP contribution in [-0.2, 0) is 11.3 Å². The lowest BCUT2D eigenvalue weighted by Gasteiger charge is -2.45. The zero-order valence-electron chi connectivity index (χ0n) is 17.9. The number of carbonyl (C=O) groups excluding carboxylic acids is 1. The minimum Gasteiger partial charge on any atom is -0.444 e. The Balaban J connectivity index is 1.39. The highest BCUT2D eigenvalue weighted by Crippen LogP contribution is 2.54. The molecular weight excluding hydrogens is 430 g/mol. The van der Waals surface area contributed by atoms with Gasteiger partial charge in [-0.25, -0.2) is 23.6 Å². The van der Waals surface area contributed by atoms with Crippen LogP contribution < -0.4 is 10.2 Å². The number of hydrogen-bond acceptors (Lipinski definition) is 3. The molecule has 1 aliphatic heterocycles. The van der Waals surface area contributed by atoms with Crippen molar-refractivity contribution in [3.63, 3.8) is 0 Å². The summed E-state index contributed by atoms with van der Waals surface area (Å²) in [4.78, 5) is 15.1. The molecule has 1 heterocycles. The first kappa shape index (κ1) is 22.1. The number of amides is 1. The standard InChI is InChI=1S/C25H26F2N2O2S/c1-32(21-10-6-3-7-11-21)14-12-29(13-15-32)24-22(26)16-20(17-23(24)27)28-25(30)31-18-19-8-4-2-5-9-19/h2-11,16-17H,12-15,18H2,1H3,(H,28,30). The molecule has 0 aromatic heterocycles. The zero-order valence-corrected chi connectivity index (χ0v) is 18.7. The van der Waals surface area contributed by atoms with Gasteiger partial charge in [-0.05, 0) is 40.4 Å². The van der Waals surface area contributed by atoms with Crippen LogP contribution in [-0.4, -0.2) is 36.9 Å². The van der Waals surface area contributed by atoms with E-state index in [-0.39, 0.29) is 18.0 Å². The van der Waals surface area contributed by atoms with Crippen molar-refractivity contribution in [1.82, 2.24) is 0 Å². The molecule has 1 aliphatic rings. The molecule has 7 heteroatoms. The average molecular weight is 457 g/mol. The normalized spacial score (nSPS) is 16.3. The smallest absolute Gasteiger partial charge is 0.411 e. The zero-order chi connectivity index (χ0) is 22.6. The summed E-state index contributed by atoms with van der Waals surface area (Å²) in [6.07, 6.45) is 1.51. The van der Waals surface area contributed by atoms with E-state index in [0.29, 0.717) is 13.1 Å². The molecule has 1 fully saturated rings. The highest BCUT2D eigenvalue weighted by Gasteiger charge is 2.29. The van der Waals surface area contributed by atoms with E-state index in [2.05, 4.69) is 23.7 Å². The maximum absolute atomic E-state index is 14.8. The summed E-state index contributed by atoms with van der Waals surface area (Å²) in [5.41, 5.74) is 0.811. The van der Waals surface area contributed by atoms with Crippen LogP contribution in [0.15, 0.2) is 77.7 Å². The fraction of sp³-hybridized carbons (Fsp3) is 0.240. The molecule has 3 aromatic rings. The highest BCUT2D eigenvalue weighted by atomic mass is 32.3. The summed E-state index contributed by atoms with van der Waals surface area (Å²) in [7, 11) is -0.999. The first-order valence-corrected chi connectivity index (χ1v) is 12.8. The number of nitrogens with zero attached hydrogens (tertiary/aromatic N) is 1. The first-order valence-electron chi connectivity index (χ1n) is 10.5. The molecule has 1 saturated heterocycles. The molecule has 3 aromatic carbocycles. The van der Waals surface area contributed by atoms with Crippen LogP contribution in [0.4, 0.5) is 25.0 Å². The number of rotatable bonds is 5. The van der Waals surface area contributed by atoms with Crippen molar-refractivity contribution < 1.29 is 18.3 Å². The average Bonchev–Trinajstić information content (AvgIpc) is 2.80. The van der Waals surface area contributed by atoms with E-state index in [1.165, 1.54) is 4.90 Å². The minimum atomic E-state index is -0.999. The molecule has 0 atom stereocenters. The largest absolute Gasteiger partial charge is 0.444 e. The second-order valence-electron chi connectivity index (χ2n) is 7.96. The molecule has 0 spiro atoms. The number of benzene rings is 3. The van der Waals surface area contributed by atoms with Gasteiger partial charge in [0.25, 0.3) is 0 Å². The summed E-state index contributed by atoms with van der Waals surface area (Å²) in [5.74, 6) is 0.368. The van der Waals surface area contributed by atoms with E-state index < -0.39 is 27.8 Å². The van der Waals surface area contributed by atoms with Crippen LogP contribution in [0.5, 0.6) is 0 Å². The molecule has 4 nitrogen and oxygen atoms in total. The Morgan fingerprint density at radius 3 is 2.12 bits per heavy atom. The fourth-order valence-electron chi connectivity index (χ4n) is 3.86. The molecule has 1 N–H and O–H groups in total. The Labute approximate surface area is 188 Å². The van der Waals surface area contributed by atoms with Crippen LogP contribution in [0.1, 0.15) is 5.56 Å². The van der Waals surface area contributed by atoms with Crippen LogP contribution in [0.25, 0.3) is 0 Å². The van der Waals surface area contributed by atoms with Crippen molar-refractivity contribution in [1.29, 1.82) is 0 Å². The lowest BCUT2D eigenvalue weighted by molar-refractivity contribution is 0.155. The van der Waals surface area contributed by atoms with Gasteiger partial charge in [-0.1, -0.05) is 60.7 Å². The Kier molecular flexibility index (Phi) is 6.65. The van der Waals surface area contributed by atoms with E-state index >= 15 is 0 Å². The number of ether oxygens (including phenoxy) is 1. The van der Waals surface area contributed by atoms with Gasteiger partial charge in [0.15, 0.2) is 11.6 Å². The Morgan fingerprint density at radius 2 is 1.53 bits per heavy atom. The summed E-state index contributed by atoms with van der Waals surface area (Å²) in [6.45, 7) is 1.24. The van der Waals surface area contributed by atoms with E-state index in [1.807, 2.05) is 48.5 Å². The maximum Gasteiger partial charge on any atom is 0.411 e. The third kappa shape index (κ3) is 5.05. The van der Waals surface area contributed by atoms with Crippen LogP contribution in [0.2, 0.25) is 0 Å². The van der Waals surface area contributed by atoms with Gasteiger partial charge < -0.3 is 9.64 Å². The Morgan fingerprint density at radius 1 is 0.969 bits per heavy atom. The van der Waals surface area contributed by atoms with E-state index in [9.17, 15) is 13.6 Å². The fourth-order valence-corrected chi connectivity index (χ4v) is 6.60. The third-order valence-electron chi connectivity index (χ3n) is 5.73. The molecule has 0 radical (unpaired) electrons. The molecule has 0 saturated carbocycles. The molecule has 168 valence electrons. The molecule has 0 bridgehead atoms. The van der Waals surface area contributed by atoms with Crippen LogP contribution in [0, 0.1) is 11.6 Å². The minimum absolute atomic E-state index is 0.0265. The van der Waals surface area contributed by atoms with E-state index in [0.717, 1.165) is 29.2 Å². The van der Waals surface area contributed by atoms with Gasteiger partial charge in [-0.15, -0.1) is 0 Å². The lowest BCUT2D eigenvalue weighted by atomic mass is 10.2. The molecule has 32 heavy (non-hydrogen) atoms. The van der Waals surface area contributed by atoms with Gasteiger partial charge in [0.05, 0.1) is 0 Å². The Hall–Kier alpha value is -3.06. The molecule has 1 amide bonds. The van der Waals surface area contributed by atoms with Crippen molar-refractivity contribution in [2.24, 2.45) is 0 Å². The molecule has 0 aliphatic carbocycles. The summed E-state index contributed by atoms with van der Waals surface area (Å²) in [6, 6.07) is 21.8. The molecular formula is C25H26F2N2O2S. The topological polar surface area (TPSA) is 41.6 Å². The quantitative estimate of drug-likeness (QED) is 0.510. The molecule has 4 rings (SSSR count). The van der Waals surface area contributed by atoms with Crippen molar-refractivity contribution in [3.05, 3.63) is 90.0 Å².